The fraction of sp³-hybridized carbons (Fsp3) is 0.400. The number of halogens is 4. The van der Waals surface area contributed by atoms with Crippen molar-refractivity contribution in [2.75, 3.05) is 18.4 Å². The van der Waals surface area contributed by atoms with E-state index in [1.54, 1.807) is 19.1 Å². The molecule has 0 aliphatic heterocycles. The molecule has 1 amide bonds. The van der Waals surface area contributed by atoms with E-state index in [9.17, 15) is 18.0 Å². The molecule has 0 saturated carbocycles. The van der Waals surface area contributed by atoms with Crippen molar-refractivity contribution >= 4 is 27.7 Å². The average Bonchev–Trinajstić information content (AvgIpc) is 2.21. The SMILES string of the molecule is Cc1nc(NC(=O)CNCC(F)(F)F)ccc1Br. The van der Waals surface area contributed by atoms with Crippen LogP contribution in [0, 0.1) is 6.92 Å². The molecule has 0 fully saturated rings. The van der Waals surface area contributed by atoms with E-state index in [0.717, 1.165) is 4.47 Å². The highest BCUT2D eigenvalue weighted by atomic mass is 79.9. The summed E-state index contributed by atoms with van der Waals surface area (Å²) in [6.07, 6.45) is -4.33. The molecule has 0 bridgehead atoms. The van der Waals surface area contributed by atoms with Crippen molar-refractivity contribution in [3.05, 3.63) is 22.3 Å². The van der Waals surface area contributed by atoms with Crippen LogP contribution in [0.1, 0.15) is 5.69 Å². The molecule has 0 radical (unpaired) electrons. The fourth-order valence-electron chi connectivity index (χ4n) is 1.12. The molecule has 2 N–H and O–H groups in total. The number of amides is 1. The minimum atomic E-state index is -4.33. The van der Waals surface area contributed by atoms with Crippen molar-refractivity contribution in [3.63, 3.8) is 0 Å². The van der Waals surface area contributed by atoms with Gasteiger partial charge in [0, 0.05) is 4.47 Å². The maximum atomic E-state index is 11.8. The zero-order chi connectivity index (χ0) is 13.8. The Morgan fingerprint density at radius 3 is 2.67 bits per heavy atom. The van der Waals surface area contributed by atoms with Gasteiger partial charge in [-0.05, 0) is 35.0 Å². The molecule has 1 heterocycles. The first kappa shape index (κ1) is 14.9. The predicted octanol–water partition coefficient (Wildman–Crippen LogP) is 2.24. The highest BCUT2D eigenvalue weighted by Crippen LogP contribution is 2.16. The molecule has 0 atom stereocenters. The Morgan fingerprint density at radius 2 is 2.11 bits per heavy atom. The number of nitrogens with zero attached hydrogens (tertiary/aromatic N) is 1. The Morgan fingerprint density at radius 1 is 1.44 bits per heavy atom. The monoisotopic (exact) mass is 325 g/mol. The Labute approximate surface area is 110 Å². The van der Waals surface area contributed by atoms with Crippen LogP contribution in [-0.2, 0) is 4.79 Å². The number of hydrogen-bond donors (Lipinski definition) is 2. The van der Waals surface area contributed by atoms with Crippen LogP contribution in [0.15, 0.2) is 16.6 Å². The van der Waals surface area contributed by atoms with Gasteiger partial charge in [-0.25, -0.2) is 4.98 Å². The summed E-state index contributed by atoms with van der Waals surface area (Å²) in [6, 6.07) is 3.25. The van der Waals surface area contributed by atoms with Gasteiger partial charge in [0.2, 0.25) is 5.91 Å². The number of anilines is 1. The molecular weight excluding hydrogens is 315 g/mol. The van der Waals surface area contributed by atoms with Crippen molar-refractivity contribution in [1.82, 2.24) is 10.3 Å². The summed E-state index contributed by atoms with van der Waals surface area (Å²) in [5.74, 6) is -0.275. The molecule has 0 aromatic carbocycles. The number of hydrogen-bond acceptors (Lipinski definition) is 3. The molecule has 0 spiro atoms. The number of carbonyl (C=O) groups is 1. The first-order chi connectivity index (χ1) is 8.28. The van der Waals surface area contributed by atoms with Crippen molar-refractivity contribution in [2.24, 2.45) is 0 Å². The zero-order valence-corrected chi connectivity index (χ0v) is 11.0. The van der Waals surface area contributed by atoms with Crippen LogP contribution in [0.3, 0.4) is 0 Å². The van der Waals surface area contributed by atoms with Crippen LogP contribution in [0.4, 0.5) is 19.0 Å². The summed E-state index contributed by atoms with van der Waals surface area (Å²) >= 11 is 3.25. The molecular formula is C10H11BrF3N3O. The number of pyridine rings is 1. The first-order valence-electron chi connectivity index (χ1n) is 4.98. The van der Waals surface area contributed by atoms with Gasteiger partial charge < -0.3 is 10.6 Å². The minimum Gasteiger partial charge on any atom is -0.310 e. The van der Waals surface area contributed by atoms with Crippen LogP contribution in [0.2, 0.25) is 0 Å². The number of nitrogens with one attached hydrogen (secondary N) is 2. The number of alkyl halides is 3. The van der Waals surface area contributed by atoms with Crippen LogP contribution in [0.5, 0.6) is 0 Å². The highest BCUT2D eigenvalue weighted by Gasteiger charge is 2.26. The summed E-state index contributed by atoms with van der Waals surface area (Å²) in [7, 11) is 0. The average molecular weight is 326 g/mol. The molecule has 8 heteroatoms. The second-order valence-electron chi connectivity index (χ2n) is 3.53. The molecule has 1 rings (SSSR count). The number of aryl methyl sites for hydroxylation is 1. The second-order valence-corrected chi connectivity index (χ2v) is 4.38. The smallest absolute Gasteiger partial charge is 0.310 e. The largest absolute Gasteiger partial charge is 0.401 e. The van der Waals surface area contributed by atoms with E-state index in [-0.39, 0.29) is 0 Å². The van der Waals surface area contributed by atoms with Crippen LogP contribution >= 0.6 is 15.9 Å². The summed E-state index contributed by atoms with van der Waals surface area (Å²) in [5.41, 5.74) is 0.677. The normalized spacial score (nSPS) is 11.4. The Hall–Kier alpha value is -1.15. The lowest BCUT2D eigenvalue weighted by molar-refractivity contribution is -0.126. The summed E-state index contributed by atoms with van der Waals surface area (Å²) < 4.78 is 36.2. The van der Waals surface area contributed by atoms with Gasteiger partial charge in [-0.1, -0.05) is 0 Å². The number of rotatable bonds is 4. The third kappa shape index (κ3) is 5.46. The first-order valence-corrected chi connectivity index (χ1v) is 5.78. The topological polar surface area (TPSA) is 54.0 Å². The maximum Gasteiger partial charge on any atom is 0.401 e. The molecule has 4 nitrogen and oxygen atoms in total. The van der Waals surface area contributed by atoms with Gasteiger partial charge >= 0.3 is 6.18 Å². The summed E-state index contributed by atoms with van der Waals surface area (Å²) in [6.45, 7) is 0.116. The Balaban J connectivity index is 2.42. The van der Waals surface area contributed by atoms with Gasteiger partial charge in [0.05, 0.1) is 18.8 Å². The lowest BCUT2D eigenvalue weighted by Crippen LogP contribution is -2.35. The number of aromatic nitrogens is 1. The summed E-state index contributed by atoms with van der Waals surface area (Å²) in [4.78, 5) is 15.3. The highest BCUT2D eigenvalue weighted by molar-refractivity contribution is 9.10. The van der Waals surface area contributed by atoms with E-state index in [4.69, 9.17) is 0 Å². The van der Waals surface area contributed by atoms with E-state index in [1.165, 1.54) is 0 Å². The molecule has 18 heavy (non-hydrogen) atoms. The molecule has 0 aliphatic rings. The molecule has 100 valence electrons. The Kier molecular flexibility index (Phi) is 5.09. The van der Waals surface area contributed by atoms with Gasteiger partial charge in [0.25, 0.3) is 0 Å². The molecule has 0 aliphatic carbocycles. The quantitative estimate of drug-likeness (QED) is 0.892. The van der Waals surface area contributed by atoms with Crippen molar-refractivity contribution in [1.29, 1.82) is 0 Å². The predicted molar refractivity (Wildman–Crippen MR) is 64.2 cm³/mol. The standard InChI is InChI=1S/C10H11BrF3N3O/c1-6-7(11)2-3-8(16-6)17-9(18)4-15-5-10(12,13)14/h2-3,15H,4-5H2,1H3,(H,16,17,18). The third-order valence-corrected chi connectivity index (χ3v) is 2.74. The molecule has 0 saturated heterocycles. The maximum absolute atomic E-state index is 11.8. The van der Waals surface area contributed by atoms with Gasteiger partial charge in [0.1, 0.15) is 5.82 Å². The van der Waals surface area contributed by atoms with E-state index >= 15 is 0 Å². The lowest BCUT2D eigenvalue weighted by Gasteiger charge is -2.09. The Bertz CT molecular complexity index is 437. The fourth-order valence-corrected chi connectivity index (χ4v) is 1.34. The molecule has 1 aromatic rings. The van der Waals surface area contributed by atoms with Gasteiger partial charge in [-0.15, -0.1) is 0 Å². The van der Waals surface area contributed by atoms with Crippen LogP contribution in [-0.4, -0.2) is 30.2 Å². The van der Waals surface area contributed by atoms with E-state index in [0.29, 0.717) is 11.5 Å². The van der Waals surface area contributed by atoms with Gasteiger partial charge in [-0.3, -0.25) is 4.79 Å². The second kappa shape index (κ2) is 6.14. The van der Waals surface area contributed by atoms with Crippen molar-refractivity contribution < 1.29 is 18.0 Å². The van der Waals surface area contributed by atoms with Gasteiger partial charge in [0.15, 0.2) is 0 Å². The molecule has 0 unspecified atom stereocenters. The molecule has 1 aromatic heterocycles. The minimum absolute atomic E-state index is 0.300. The van der Waals surface area contributed by atoms with Crippen molar-refractivity contribution in [2.45, 2.75) is 13.1 Å². The van der Waals surface area contributed by atoms with Crippen molar-refractivity contribution in [3.8, 4) is 0 Å². The zero-order valence-electron chi connectivity index (χ0n) is 9.44. The van der Waals surface area contributed by atoms with Gasteiger partial charge in [-0.2, -0.15) is 13.2 Å². The van der Waals surface area contributed by atoms with E-state index < -0.39 is 25.2 Å². The van der Waals surface area contributed by atoms with Crippen LogP contribution < -0.4 is 10.6 Å². The summed E-state index contributed by atoms with van der Waals surface area (Å²) in [5, 5.41) is 4.39. The van der Waals surface area contributed by atoms with E-state index in [1.807, 2.05) is 5.32 Å². The van der Waals surface area contributed by atoms with Crippen LogP contribution in [0.25, 0.3) is 0 Å². The van der Waals surface area contributed by atoms with E-state index in [2.05, 4.69) is 26.2 Å². The lowest BCUT2D eigenvalue weighted by atomic mass is 10.3. The number of carbonyl (C=O) groups excluding carboxylic acids is 1. The third-order valence-electron chi connectivity index (χ3n) is 1.90.